The Hall–Kier alpha value is -1.40. The van der Waals surface area contributed by atoms with E-state index in [0.29, 0.717) is 5.69 Å². The zero-order valence-electron chi connectivity index (χ0n) is 10.5. The number of methoxy groups -OCH3 is 2. The van der Waals surface area contributed by atoms with Gasteiger partial charge in [0.15, 0.2) is 6.29 Å². The van der Waals surface area contributed by atoms with Gasteiger partial charge in [-0.3, -0.25) is 0 Å². The Morgan fingerprint density at radius 3 is 2.28 bits per heavy atom. The maximum Gasteiger partial charge on any atom is 0.387 e. The van der Waals surface area contributed by atoms with E-state index in [1.165, 1.54) is 20.3 Å². The zero-order valence-corrected chi connectivity index (χ0v) is 10.5. The fourth-order valence-corrected chi connectivity index (χ4v) is 1.60. The van der Waals surface area contributed by atoms with E-state index in [2.05, 4.69) is 10.1 Å². The third-order valence-corrected chi connectivity index (χ3v) is 2.36. The monoisotopic (exact) mass is 261 g/mol. The predicted octanol–water partition coefficient (Wildman–Crippen LogP) is 2.71. The second kappa shape index (κ2) is 7.13. The van der Waals surface area contributed by atoms with Gasteiger partial charge < -0.3 is 19.5 Å². The van der Waals surface area contributed by atoms with Crippen LogP contribution in [-0.4, -0.2) is 33.2 Å². The van der Waals surface area contributed by atoms with E-state index in [1.807, 2.05) is 6.92 Å². The third kappa shape index (κ3) is 4.12. The van der Waals surface area contributed by atoms with Gasteiger partial charge in [-0.15, -0.1) is 0 Å². The zero-order chi connectivity index (χ0) is 13.5. The number of nitrogens with one attached hydrogen (secondary N) is 1. The summed E-state index contributed by atoms with van der Waals surface area (Å²) in [5.41, 5.74) is 0.462. The first-order chi connectivity index (χ1) is 8.58. The van der Waals surface area contributed by atoms with E-state index in [9.17, 15) is 8.78 Å². The van der Waals surface area contributed by atoms with Crippen molar-refractivity contribution in [3.63, 3.8) is 0 Å². The first-order valence-electron chi connectivity index (χ1n) is 5.44. The number of rotatable bonds is 7. The van der Waals surface area contributed by atoms with Crippen LogP contribution >= 0.6 is 0 Å². The standard InChI is InChI=1S/C12H17F2NO3/c1-8(11(16-2)17-3)15-9-6-4-5-7-10(9)18-12(13)14/h4-8,11-12,15H,1-3H3. The molecule has 6 heteroatoms. The second-order valence-electron chi connectivity index (χ2n) is 3.65. The van der Waals surface area contributed by atoms with Gasteiger partial charge in [-0.1, -0.05) is 12.1 Å². The third-order valence-electron chi connectivity index (χ3n) is 2.36. The molecule has 0 aliphatic carbocycles. The highest BCUT2D eigenvalue weighted by Gasteiger charge is 2.17. The first kappa shape index (κ1) is 14.7. The Labute approximate surface area is 105 Å². The van der Waals surface area contributed by atoms with Gasteiger partial charge in [-0.05, 0) is 19.1 Å². The van der Waals surface area contributed by atoms with Crippen LogP contribution < -0.4 is 10.1 Å². The van der Waals surface area contributed by atoms with Crippen molar-refractivity contribution in [1.29, 1.82) is 0 Å². The molecule has 1 unspecified atom stereocenters. The van der Waals surface area contributed by atoms with Crippen LogP contribution in [0.4, 0.5) is 14.5 Å². The van der Waals surface area contributed by atoms with Crippen molar-refractivity contribution >= 4 is 5.69 Å². The quantitative estimate of drug-likeness (QED) is 0.766. The lowest BCUT2D eigenvalue weighted by Gasteiger charge is -2.24. The number of benzene rings is 1. The summed E-state index contributed by atoms with van der Waals surface area (Å²) in [4.78, 5) is 0. The van der Waals surface area contributed by atoms with Crippen LogP contribution in [0.15, 0.2) is 24.3 Å². The highest BCUT2D eigenvalue weighted by Crippen LogP contribution is 2.26. The van der Waals surface area contributed by atoms with Crippen molar-refractivity contribution < 1.29 is 23.0 Å². The molecule has 4 nitrogen and oxygen atoms in total. The molecular formula is C12H17F2NO3. The van der Waals surface area contributed by atoms with E-state index in [4.69, 9.17) is 9.47 Å². The summed E-state index contributed by atoms with van der Waals surface area (Å²) < 4.78 is 39.0. The van der Waals surface area contributed by atoms with Gasteiger partial charge in [0.1, 0.15) is 5.75 Å². The minimum atomic E-state index is -2.86. The lowest BCUT2D eigenvalue weighted by Crippen LogP contribution is -2.33. The van der Waals surface area contributed by atoms with Crippen LogP contribution in [0.2, 0.25) is 0 Å². The van der Waals surface area contributed by atoms with E-state index in [1.54, 1.807) is 18.2 Å². The lowest BCUT2D eigenvalue weighted by molar-refractivity contribution is -0.109. The summed E-state index contributed by atoms with van der Waals surface area (Å²) in [6, 6.07) is 6.24. The number of ether oxygens (including phenoxy) is 3. The number of alkyl halides is 2. The number of halogens is 2. The Kier molecular flexibility index (Phi) is 5.80. The SMILES string of the molecule is COC(OC)C(C)Nc1ccccc1OC(F)F. The largest absolute Gasteiger partial charge is 0.433 e. The van der Waals surface area contributed by atoms with Crippen molar-refractivity contribution in [3.8, 4) is 5.75 Å². The maximum atomic E-state index is 12.2. The van der Waals surface area contributed by atoms with Crippen LogP contribution in [0.5, 0.6) is 5.75 Å². The molecule has 0 radical (unpaired) electrons. The van der Waals surface area contributed by atoms with Gasteiger partial charge in [0.25, 0.3) is 0 Å². The molecule has 0 bridgehead atoms. The smallest absolute Gasteiger partial charge is 0.387 e. The lowest BCUT2D eigenvalue weighted by atomic mass is 10.2. The maximum absolute atomic E-state index is 12.2. The van der Waals surface area contributed by atoms with E-state index in [-0.39, 0.29) is 11.8 Å². The molecule has 0 aliphatic rings. The number of hydrogen-bond acceptors (Lipinski definition) is 4. The fourth-order valence-electron chi connectivity index (χ4n) is 1.60. The molecule has 0 aromatic heterocycles. The van der Waals surface area contributed by atoms with Crippen molar-refractivity contribution in [2.24, 2.45) is 0 Å². The van der Waals surface area contributed by atoms with Crippen molar-refractivity contribution in [1.82, 2.24) is 0 Å². The van der Waals surface area contributed by atoms with E-state index < -0.39 is 12.9 Å². The number of anilines is 1. The summed E-state index contributed by atoms with van der Waals surface area (Å²) in [6.07, 6.45) is -0.482. The highest BCUT2D eigenvalue weighted by atomic mass is 19.3. The summed E-state index contributed by atoms with van der Waals surface area (Å²) in [7, 11) is 3.02. The molecule has 0 saturated heterocycles. The van der Waals surface area contributed by atoms with Gasteiger partial charge in [0, 0.05) is 14.2 Å². The molecule has 0 saturated carbocycles. The molecule has 1 rings (SSSR count). The molecular weight excluding hydrogens is 244 g/mol. The van der Waals surface area contributed by atoms with Gasteiger partial charge in [0.05, 0.1) is 11.7 Å². The Morgan fingerprint density at radius 1 is 1.11 bits per heavy atom. The molecule has 0 heterocycles. The Morgan fingerprint density at radius 2 is 1.72 bits per heavy atom. The van der Waals surface area contributed by atoms with Gasteiger partial charge in [-0.2, -0.15) is 8.78 Å². The normalized spacial score (nSPS) is 12.8. The minimum absolute atomic E-state index is 0.0882. The highest BCUT2D eigenvalue weighted by molar-refractivity contribution is 5.56. The molecule has 18 heavy (non-hydrogen) atoms. The van der Waals surface area contributed by atoms with Crippen molar-refractivity contribution in [2.45, 2.75) is 25.9 Å². The molecule has 1 N–H and O–H groups in total. The topological polar surface area (TPSA) is 39.7 Å². The summed E-state index contributed by atoms with van der Waals surface area (Å²) in [6.45, 7) is -1.04. The summed E-state index contributed by atoms with van der Waals surface area (Å²) in [5, 5.41) is 3.01. The fraction of sp³-hybridized carbons (Fsp3) is 0.500. The molecule has 0 amide bonds. The Bertz CT molecular complexity index is 359. The average Bonchev–Trinajstić information content (AvgIpc) is 2.32. The Balaban J connectivity index is 2.77. The van der Waals surface area contributed by atoms with Crippen molar-refractivity contribution in [3.05, 3.63) is 24.3 Å². The van der Waals surface area contributed by atoms with Crippen LogP contribution in [0.3, 0.4) is 0 Å². The predicted molar refractivity (Wildman–Crippen MR) is 64.0 cm³/mol. The van der Waals surface area contributed by atoms with Crippen molar-refractivity contribution in [2.75, 3.05) is 19.5 Å². The van der Waals surface area contributed by atoms with Crippen LogP contribution in [0, 0.1) is 0 Å². The van der Waals surface area contributed by atoms with Crippen LogP contribution in [0.1, 0.15) is 6.92 Å². The first-order valence-corrected chi connectivity index (χ1v) is 5.44. The van der Waals surface area contributed by atoms with Crippen LogP contribution in [0.25, 0.3) is 0 Å². The van der Waals surface area contributed by atoms with Gasteiger partial charge in [-0.25, -0.2) is 0 Å². The van der Waals surface area contributed by atoms with Gasteiger partial charge >= 0.3 is 6.61 Å². The molecule has 1 atom stereocenters. The summed E-state index contributed by atoms with van der Waals surface area (Å²) in [5.74, 6) is 0.0882. The van der Waals surface area contributed by atoms with Crippen LogP contribution in [-0.2, 0) is 9.47 Å². The molecule has 0 fully saturated rings. The second-order valence-corrected chi connectivity index (χ2v) is 3.65. The minimum Gasteiger partial charge on any atom is -0.433 e. The van der Waals surface area contributed by atoms with Gasteiger partial charge in [0.2, 0.25) is 0 Å². The summed E-state index contributed by atoms with van der Waals surface area (Å²) >= 11 is 0. The number of hydrogen-bond donors (Lipinski definition) is 1. The molecule has 102 valence electrons. The average molecular weight is 261 g/mol. The molecule has 1 aromatic carbocycles. The molecule has 0 aliphatic heterocycles. The molecule has 0 spiro atoms. The van der Waals surface area contributed by atoms with E-state index in [0.717, 1.165) is 0 Å². The molecule has 1 aromatic rings. The number of para-hydroxylation sites is 2. The van der Waals surface area contributed by atoms with E-state index >= 15 is 0 Å².